The summed E-state index contributed by atoms with van der Waals surface area (Å²) in [6, 6.07) is 9.51. The summed E-state index contributed by atoms with van der Waals surface area (Å²) in [5, 5.41) is 144. The molecule has 0 radical (unpaired) electrons. The van der Waals surface area contributed by atoms with Gasteiger partial charge in [0.05, 0.1) is 111 Å². The summed E-state index contributed by atoms with van der Waals surface area (Å²) in [6.45, 7) is -0.928. The Morgan fingerprint density at radius 1 is 0.458 bits per heavy atom. The van der Waals surface area contributed by atoms with Crippen molar-refractivity contribution in [3.63, 3.8) is 0 Å². The van der Waals surface area contributed by atoms with Gasteiger partial charge >= 0.3 is 0 Å². The number of carbonyl (C=O) groups is 4. The molecule has 2 aromatic rings. The van der Waals surface area contributed by atoms with E-state index in [9.17, 15) is 90.7 Å². The summed E-state index contributed by atoms with van der Waals surface area (Å²) in [6.07, 6.45) is -0.0947. The van der Waals surface area contributed by atoms with Crippen LogP contribution < -0.4 is 21.3 Å². The summed E-state index contributed by atoms with van der Waals surface area (Å²) < 4.78 is 3.65. The molecule has 2 aliphatic heterocycles. The number of hydrogen-bond acceptors (Lipinski definition) is 18. The number of aliphatic hydroxyl groups is 14. The van der Waals surface area contributed by atoms with Gasteiger partial charge in [0.25, 0.3) is 11.8 Å². The number of hydrogen-bond donors (Lipinski definition) is 18. The summed E-state index contributed by atoms with van der Waals surface area (Å²) in [7, 11) is 0. The molecule has 0 aliphatic carbocycles. The normalized spacial score (nSPS) is 14.8. The molecule has 24 nitrogen and oxygen atoms in total. The van der Waals surface area contributed by atoms with Crippen LogP contribution in [0.15, 0.2) is 36.4 Å². The van der Waals surface area contributed by atoms with Crippen LogP contribution in [0.5, 0.6) is 0 Å². The molecule has 0 atom stereocenters. The zero-order valence-electron chi connectivity index (χ0n) is 40.0. The van der Waals surface area contributed by atoms with Gasteiger partial charge in [0.1, 0.15) is 27.6 Å². The van der Waals surface area contributed by atoms with E-state index in [1.54, 1.807) is 35.8 Å². The molecule has 2 aliphatic rings. The quantitative estimate of drug-likeness (QED) is 0.0391. The van der Waals surface area contributed by atoms with E-state index in [0.29, 0.717) is 23.5 Å². The minimum atomic E-state index is -1.64. The molecule has 18 N–H and O–H groups in total. The maximum atomic E-state index is 12.8. The Balaban J connectivity index is 0.000000702. The third-order valence-electron chi connectivity index (χ3n) is 13.6. The van der Waals surface area contributed by atoms with Crippen molar-refractivity contribution in [1.29, 1.82) is 0 Å². The van der Waals surface area contributed by atoms with E-state index in [-0.39, 0.29) is 45.4 Å². The smallest absolute Gasteiger partial charge is 0.251 e. The average molecular weight is 1030 g/mol. The fourth-order valence-corrected chi connectivity index (χ4v) is 7.93. The Morgan fingerprint density at radius 3 is 1.07 bits per heavy atom. The first kappa shape index (κ1) is 65.1. The first-order valence-electron chi connectivity index (χ1n) is 22.4. The van der Waals surface area contributed by atoms with Crippen LogP contribution in [0.1, 0.15) is 87.2 Å². The highest BCUT2D eigenvalue weighted by atomic mass is 16.3. The third kappa shape index (κ3) is 13.4. The average Bonchev–Trinajstić information content (AvgIpc) is 3.74. The number of aliphatic hydroxyl groups excluding tert-OH is 14. The molecular weight excluding hydrogens is 949 g/mol. The van der Waals surface area contributed by atoms with Gasteiger partial charge < -0.3 is 92.8 Å². The van der Waals surface area contributed by atoms with E-state index in [4.69, 9.17) is 0 Å². The lowest BCUT2D eigenvalue weighted by molar-refractivity contribution is -0.438. The Bertz CT molecular complexity index is 2180. The lowest BCUT2D eigenvalue weighted by Gasteiger charge is -2.29. The number of amides is 4. The van der Waals surface area contributed by atoms with Crippen LogP contribution in [-0.4, -0.2) is 243 Å². The highest BCUT2D eigenvalue weighted by Gasteiger charge is 2.50. The Morgan fingerprint density at radius 2 is 0.750 bits per heavy atom. The zero-order chi connectivity index (χ0) is 52.9. The summed E-state index contributed by atoms with van der Waals surface area (Å²) >= 11 is 0. The molecule has 24 heteroatoms. The second-order valence-corrected chi connectivity index (χ2v) is 18.5. The molecule has 408 valence electrons. The Kier molecular flexibility index (Phi) is 24.8. The lowest BCUT2D eigenvalue weighted by Crippen LogP contribution is -2.57. The zero-order valence-corrected chi connectivity index (χ0v) is 40.0. The van der Waals surface area contributed by atoms with E-state index in [1.165, 1.54) is 12.1 Å². The molecule has 0 spiro atoms. The maximum absolute atomic E-state index is 12.8. The number of rotatable bonds is 26. The van der Waals surface area contributed by atoms with Crippen LogP contribution in [0.2, 0.25) is 0 Å². The van der Waals surface area contributed by atoms with E-state index in [0.717, 1.165) is 17.0 Å². The molecule has 72 heavy (non-hydrogen) atoms. The fourth-order valence-electron chi connectivity index (χ4n) is 7.93. The van der Waals surface area contributed by atoms with Gasteiger partial charge in [0, 0.05) is 48.2 Å². The van der Waals surface area contributed by atoms with Crippen molar-refractivity contribution in [2.24, 2.45) is 0 Å². The topological polar surface area (TPSA) is 406 Å². The van der Waals surface area contributed by atoms with Crippen LogP contribution >= 0.6 is 0 Å². The summed E-state index contributed by atoms with van der Waals surface area (Å²) in [4.78, 5) is 50.5. The highest BCUT2D eigenvalue weighted by Crippen LogP contribution is 2.41. The van der Waals surface area contributed by atoms with Crippen LogP contribution in [0, 0.1) is 0 Å². The first-order chi connectivity index (χ1) is 33.1. The number of fused-ring (bicyclic) bond motifs is 2. The molecular formula is C48H80N6O18+2. The van der Waals surface area contributed by atoms with Gasteiger partial charge in [0.2, 0.25) is 23.2 Å². The molecule has 4 amide bonds. The fraction of sp³-hybridized carbons (Fsp3) is 0.625. The van der Waals surface area contributed by atoms with Gasteiger partial charge in [-0.1, -0.05) is 14.9 Å². The standard InChI is InChI=1S/C23H35N3O10.C23H35N3O8.2CH4/c1-15-23(13-33,14-34)17-6-16(20(36)25-22(10-30,11-31)12-32)2-3-18(17)26(15)5-4-19(35)24-21(7-27,8-28)9-29;1-15-21(2,3)17-8-16(20(34)25-23(12-30,13-31)14-32)4-5-18(17)26(15)7-6-19(33)24-22(9-27,10-28)11-29;;/h2-3,6,27-34H,4-5,7-14H2,1H3,(H-,24,25,35,36);4-5,8,27-32H,6-7,9-14H2,1-3H3,(H-,24,25,33,34);2*1H4/p+2. The number of carbonyl (C=O) groups excluding carboxylic acids is 4. The van der Waals surface area contributed by atoms with Crippen molar-refractivity contribution in [3.8, 4) is 0 Å². The van der Waals surface area contributed by atoms with Gasteiger partial charge in [-0.25, -0.2) is 0 Å². The summed E-state index contributed by atoms with van der Waals surface area (Å²) in [5.41, 5.74) is -3.56. The summed E-state index contributed by atoms with van der Waals surface area (Å²) in [5.74, 6) is -2.26. The van der Waals surface area contributed by atoms with Gasteiger partial charge in [-0.2, -0.15) is 9.15 Å². The SMILES string of the molecule is C.C.CC1=[N+](CCC(=O)NC(CO)(CO)CO)c2ccc(C(=O)NC(CO)(CO)CO)cc2C1(C)C.CC1=[N+](CCC(=O)NC(CO)(CO)CO)c2ccc(C(=O)NC(CO)(CO)CO)cc2C1(CO)CO. The molecule has 4 rings (SSSR count). The second kappa shape index (κ2) is 27.4. The van der Waals surface area contributed by atoms with Crippen molar-refractivity contribution in [2.45, 2.75) is 88.4 Å². The van der Waals surface area contributed by atoms with E-state index < -0.39 is 149 Å². The van der Waals surface area contributed by atoms with Crippen molar-refractivity contribution in [1.82, 2.24) is 21.3 Å². The van der Waals surface area contributed by atoms with Crippen LogP contribution in [0.25, 0.3) is 0 Å². The third-order valence-corrected chi connectivity index (χ3v) is 13.6. The monoisotopic (exact) mass is 1030 g/mol. The van der Waals surface area contributed by atoms with E-state index >= 15 is 0 Å². The molecule has 0 aromatic heterocycles. The molecule has 0 fully saturated rings. The molecule has 2 aromatic carbocycles. The number of nitrogens with zero attached hydrogens (tertiary/aromatic N) is 2. The van der Waals surface area contributed by atoms with Crippen LogP contribution in [0.3, 0.4) is 0 Å². The van der Waals surface area contributed by atoms with Crippen molar-refractivity contribution in [3.05, 3.63) is 58.7 Å². The molecule has 0 unspecified atom stereocenters. The van der Waals surface area contributed by atoms with E-state index in [2.05, 4.69) is 21.3 Å². The van der Waals surface area contributed by atoms with Gasteiger partial charge in [0.15, 0.2) is 24.5 Å². The van der Waals surface area contributed by atoms with E-state index in [1.807, 2.05) is 25.3 Å². The van der Waals surface area contributed by atoms with Crippen LogP contribution in [-0.2, 0) is 20.4 Å². The van der Waals surface area contributed by atoms with Gasteiger partial charge in [-0.15, -0.1) is 0 Å². The molecule has 0 saturated heterocycles. The van der Waals surface area contributed by atoms with Gasteiger partial charge in [-0.3, -0.25) is 19.2 Å². The van der Waals surface area contributed by atoms with Crippen LogP contribution in [0.4, 0.5) is 11.4 Å². The minimum Gasteiger partial charge on any atom is -0.395 e. The van der Waals surface area contributed by atoms with Crippen molar-refractivity contribution < 1.29 is 99.8 Å². The second-order valence-electron chi connectivity index (χ2n) is 18.5. The molecule has 0 saturated carbocycles. The molecule has 2 heterocycles. The highest BCUT2D eigenvalue weighted by molar-refractivity contribution is 6.00. The number of nitrogens with one attached hydrogen (secondary N) is 4. The minimum absolute atomic E-state index is 0. The maximum Gasteiger partial charge on any atom is 0.251 e. The number of benzene rings is 2. The van der Waals surface area contributed by atoms with Crippen molar-refractivity contribution >= 4 is 46.4 Å². The predicted molar refractivity (Wildman–Crippen MR) is 263 cm³/mol. The Hall–Kier alpha value is -4.90. The first-order valence-corrected chi connectivity index (χ1v) is 22.4. The lowest BCUT2D eigenvalue weighted by atomic mass is 9.79. The Labute approximate surface area is 419 Å². The molecule has 0 bridgehead atoms. The predicted octanol–water partition coefficient (Wildman–Crippen LogP) is -5.28. The van der Waals surface area contributed by atoms with Gasteiger partial charge in [-0.05, 0) is 38.1 Å². The largest absolute Gasteiger partial charge is 0.395 e. The van der Waals surface area contributed by atoms with Crippen molar-refractivity contribution in [2.75, 3.05) is 106 Å².